The first-order chi connectivity index (χ1) is 8.88. The van der Waals surface area contributed by atoms with Crippen LogP contribution in [0.3, 0.4) is 0 Å². The maximum absolute atomic E-state index is 5.46. The zero-order chi connectivity index (χ0) is 12.6. The smallest absolute Gasteiger partial charge is 0.119 e. The van der Waals surface area contributed by atoms with Crippen molar-refractivity contribution in [1.29, 1.82) is 0 Å². The molecule has 2 nitrogen and oxygen atoms in total. The Balaban J connectivity index is 1.70. The molecule has 0 amide bonds. The van der Waals surface area contributed by atoms with Gasteiger partial charge in [0.15, 0.2) is 0 Å². The van der Waals surface area contributed by atoms with Crippen molar-refractivity contribution in [2.45, 2.75) is 32.2 Å². The number of rotatable bonds is 7. The van der Waals surface area contributed by atoms with E-state index in [1.54, 1.807) is 6.08 Å². The molecule has 98 valence electrons. The van der Waals surface area contributed by atoms with Gasteiger partial charge in [0, 0.05) is 6.54 Å². The van der Waals surface area contributed by atoms with Crippen molar-refractivity contribution >= 4 is 0 Å². The summed E-state index contributed by atoms with van der Waals surface area (Å²) in [5, 5.41) is 3.55. The lowest BCUT2D eigenvalue weighted by Gasteiger charge is -2.11. The van der Waals surface area contributed by atoms with Crippen molar-refractivity contribution in [2.75, 3.05) is 13.2 Å². The van der Waals surface area contributed by atoms with E-state index in [-0.39, 0.29) is 0 Å². The van der Waals surface area contributed by atoms with Crippen molar-refractivity contribution in [3.63, 3.8) is 0 Å². The van der Waals surface area contributed by atoms with Crippen molar-refractivity contribution in [3.05, 3.63) is 42.5 Å². The second kappa shape index (κ2) is 7.22. The van der Waals surface area contributed by atoms with Gasteiger partial charge in [-0.25, -0.2) is 0 Å². The maximum Gasteiger partial charge on any atom is 0.119 e. The summed E-state index contributed by atoms with van der Waals surface area (Å²) in [5.41, 5.74) is 1.32. The number of benzene rings is 1. The van der Waals surface area contributed by atoms with Gasteiger partial charge >= 0.3 is 0 Å². The van der Waals surface area contributed by atoms with Crippen LogP contribution in [0.5, 0.6) is 5.75 Å². The molecular weight excluding hydrogens is 222 g/mol. The van der Waals surface area contributed by atoms with Gasteiger partial charge in [-0.2, -0.15) is 0 Å². The monoisotopic (exact) mass is 245 g/mol. The third-order valence-corrected chi connectivity index (χ3v) is 3.53. The Morgan fingerprint density at radius 1 is 1.22 bits per heavy atom. The van der Waals surface area contributed by atoms with Crippen LogP contribution in [-0.2, 0) is 6.54 Å². The first-order valence-corrected chi connectivity index (χ1v) is 6.92. The van der Waals surface area contributed by atoms with Crippen LogP contribution in [0.1, 0.15) is 31.2 Å². The normalized spacial score (nSPS) is 15.8. The lowest BCUT2D eigenvalue weighted by molar-refractivity contribution is 0.363. The molecule has 0 unspecified atom stereocenters. The fourth-order valence-electron chi connectivity index (χ4n) is 2.49. The standard InChI is InChI=1S/C16H23NO/c1-2-11-18-16-9-7-15(8-10-16)13-17-12-14-5-3-4-6-14/h2,7-10,14,17H,1,3-6,11-13H2. The summed E-state index contributed by atoms with van der Waals surface area (Å²) >= 11 is 0. The average Bonchev–Trinajstić information content (AvgIpc) is 2.91. The first kappa shape index (κ1) is 13.2. The van der Waals surface area contributed by atoms with E-state index < -0.39 is 0 Å². The molecule has 0 heterocycles. The molecule has 18 heavy (non-hydrogen) atoms. The van der Waals surface area contributed by atoms with Crippen LogP contribution in [0.15, 0.2) is 36.9 Å². The van der Waals surface area contributed by atoms with E-state index in [1.807, 2.05) is 12.1 Å². The van der Waals surface area contributed by atoms with Gasteiger partial charge in [-0.05, 0) is 43.0 Å². The molecule has 1 fully saturated rings. The van der Waals surface area contributed by atoms with Crippen molar-refractivity contribution in [1.82, 2.24) is 5.32 Å². The third kappa shape index (κ3) is 4.19. The maximum atomic E-state index is 5.46. The summed E-state index contributed by atoms with van der Waals surface area (Å²) < 4.78 is 5.46. The molecule has 1 saturated carbocycles. The topological polar surface area (TPSA) is 21.3 Å². The molecule has 2 rings (SSSR count). The summed E-state index contributed by atoms with van der Waals surface area (Å²) in [5.74, 6) is 1.81. The predicted molar refractivity (Wildman–Crippen MR) is 75.8 cm³/mol. The fourth-order valence-corrected chi connectivity index (χ4v) is 2.49. The van der Waals surface area contributed by atoms with Crippen LogP contribution in [0.2, 0.25) is 0 Å². The highest BCUT2D eigenvalue weighted by atomic mass is 16.5. The minimum absolute atomic E-state index is 0.569. The summed E-state index contributed by atoms with van der Waals surface area (Å²) in [7, 11) is 0. The van der Waals surface area contributed by atoms with Gasteiger partial charge in [-0.15, -0.1) is 0 Å². The SMILES string of the molecule is C=CCOc1ccc(CNCC2CCCC2)cc1. The average molecular weight is 245 g/mol. The van der Waals surface area contributed by atoms with E-state index in [0.717, 1.165) is 24.8 Å². The van der Waals surface area contributed by atoms with E-state index >= 15 is 0 Å². The summed E-state index contributed by atoms with van der Waals surface area (Å²) in [6.45, 7) is 6.32. The van der Waals surface area contributed by atoms with Gasteiger partial charge in [0.2, 0.25) is 0 Å². The molecule has 1 aromatic rings. The lowest BCUT2D eigenvalue weighted by Crippen LogP contribution is -2.20. The number of hydrogen-bond acceptors (Lipinski definition) is 2. The van der Waals surface area contributed by atoms with Crippen molar-refractivity contribution < 1.29 is 4.74 Å². The minimum atomic E-state index is 0.569. The largest absolute Gasteiger partial charge is 0.490 e. The van der Waals surface area contributed by atoms with Crippen LogP contribution in [-0.4, -0.2) is 13.2 Å². The van der Waals surface area contributed by atoms with Crippen LogP contribution in [0.25, 0.3) is 0 Å². The Hall–Kier alpha value is -1.28. The predicted octanol–water partition coefficient (Wildman–Crippen LogP) is 3.53. The van der Waals surface area contributed by atoms with E-state index in [1.165, 1.54) is 31.2 Å². The number of ether oxygens (including phenoxy) is 1. The highest BCUT2D eigenvalue weighted by Crippen LogP contribution is 2.23. The van der Waals surface area contributed by atoms with Gasteiger partial charge in [-0.1, -0.05) is 37.6 Å². The summed E-state index contributed by atoms with van der Waals surface area (Å²) in [4.78, 5) is 0. The van der Waals surface area contributed by atoms with Gasteiger partial charge in [0.1, 0.15) is 12.4 Å². The molecule has 2 heteroatoms. The zero-order valence-electron chi connectivity index (χ0n) is 11.0. The van der Waals surface area contributed by atoms with Crippen molar-refractivity contribution in [3.8, 4) is 5.75 Å². The van der Waals surface area contributed by atoms with Gasteiger partial charge in [-0.3, -0.25) is 0 Å². The van der Waals surface area contributed by atoms with Crippen LogP contribution in [0.4, 0.5) is 0 Å². The Morgan fingerprint density at radius 2 is 1.94 bits per heavy atom. The molecule has 0 saturated heterocycles. The number of hydrogen-bond donors (Lipinski definition) is 1. The van der Waals surface area contributed by atoms with E-state index in [4.69, 9.17) is 4.74 Å². The molecule has 1 N–H and O–H groups in total. The summed E-state index contributed by atoms with van der Waals surface area (Å²) in [6.07, 6.45) is 7.41. The molecule has 0 aliphatic heterocycles. The van der Waals surface area contributed by atoms with Gasteiger partial charge in [0.25, 0.3) is 0 Å². The van der Waals surface area contributed by atoms with Gasteiger partial charge < -0.3 is 10.1 Å². The highest BCUT2D eigenvalue weighted by molar-refractivity contribution is 5.27. The minimum Gasteiger partial charge on any atom is -0.490 e. The Kier molecular flexibility index (Phi) is 5.28. The Labute approximate surface area is 110 Å². The Morgan fingerprint density at radius 3 is 2.61 bits per heavy atom. The zero-order valence-corrected chi connectivity index (χ0v) is 11.0. The second-order valence-electron chi connectivity index (χ2n) is 5.03. The van der Waals surface area contributed by atoms with Gasteiger partial charge in [0.05, 0.1) is 0 Å². The quantitative estimate of drug-likeness (QED) is 0.742. The van der Waals surface area contributed by atoms with E-state index in [0.29, 0.717) is 6.61 Å². The molecule has 1 aromatic carbocycles. The highest BCUT2D eigenvalue weighted by Gasteiger charge is 2.13. The summed E-state index contributed by atoms with van der Waals surface area (Å²) in [6, 6.07) is 8.30. The van der Waals surface area contributed by atoms with Crippen LogP contribution in [0, 0.1) is 5.92 Å². The molecule has 0 bridgehead atoms. The first-order valence-electron chi connectivity index (χ1n) is 6.92. The number of nitrogens with one attached hydrogen (secondary N) is 1. The molecule has 1 aliphatic rings. The molecule has 1 aliphatic carbocycles. The van der Waals surface area contributed by atoms with Crippen molar-refractivity contribution in [2.24, 2.45) is 5.92 Å². The molecule has 0 atom stereocenters. The van der Waals surface area contributed by atoms with E-state index in [2.05, 4.69) is 24.0 Å². The van der Waals surface area contributed by atoms with Crippen LogP contribution < -0.4 is 10.1 Å². The lowest BCUT2D eigenvalue weighted by atomic mass is 10.1. The van der Waals surface area contributed by atoms with Crippen LogP contribution >= 0.6 is 0 Å². The molecule has 0 radical (unpaired) electrons. The molecule has 0 aromatic heterocycles. The third-order valence-electron chi connectivity index (χ3n) is 3.53. The molecule has 0 spiro atoms. The Bertz CT molecular complexity index is 352. The fraction of sp³-hybridized carbons (Fsp3) is 0.500. The second-order valence-corrected chi connectivity index (χ2v) is 5.03. The molecular formula is C16H23NO. The van der Waals surface area contributed by atoms with E-state index in [9.17, 15) is 0 Å².